The van der Waals surface area contributed by atoms with Crippen LogP contribution in [0.25, 0.3) is 11.0 Å². The molecule has 1 N–H and O–H groups in total. The molecule has 2 fully saturated rings. The number of methoxy groups -OCH3 is 1. The Morgan fingerprint density at radius 2 is 1.86 bits per heavy atom. The van der Waals surface area contributed by atoms with E-state index in [0.29, 0.717) is 31.0 Å². The Balaban J connectivity index is 1.48. The molecule has 0 radical (unpaired) electrons. The Labute approximate surface area is 207 Å². The van der Waals surface area contributed by atoms with Crippen molar-refractivity contribution in [3.8, 4) is 0 Å². The molecule has 5 rings (SSSR count). The first-order chi connectivity index (χ1) is 17.0. The monoisotopic (exact) mass is 481 g/mol. The number of rotatable bonds is 5. The molecule has 2 saturated carbocycles. The summed E-state index contributed by atoms with van der Waals surface area (Å²) in [7, 11) is 1.44. The zero-order chi connectivity index (χ0) is 24.5. The highest BCUT2D eigenvalue weighted by atomic mass is 16.5. The van der Waals surface area contributed by atoms with E-state index in [1.807, 2.05) is 0 Å². The number of ether oxygens (including phenoxy) is 1. The Hall–Kier alpha value is -2.57. The number of imidazole rings is 1. The minimum Gasteiger partial charge on any atom is -0.481 e. The van der Waals surface area contributed by atoms with Crippen LogP contribution in [0.5, 0.6) is 0 Å². The van der Waals surface area contributed by atoms with E-state index in [4.69, 9.17) is 9.72 Å². The molecule has 0 bridgehead atoms. The Morgan fingerprint density at radius 1 is 1.11 bits per heavy atom. The highest BCUT2D eigenvalue weighted by molar-refractivity contribution is 5.82. The van der Waals surface area contributed by atoms with E-state index in [9.17, 15) is 14.7 Å². The van der Waals surface area contributed by atoms with E-state index in [1.165, 1.54) is 61.7 Å². The van der Waals surface area contributed by atoms with Crippen LogP contribution in [0.3, 0.4) is 0 Å². The molecular formula is C28H39N3O4. The fraction of sp³-hybridized carbons (Fsp3) is 0.679. The number of aromatic nitrogens is 2. The third kappa shape index (κ3) is 4.78. The van der Waals surface area contributed by atoms with Crippen LogP contribution >= 0.6 is 0 Å². The smallest absolute Gasteiger partial charge is 0.409 e. The molecule has 1 amide bonds. The van der Waals surface area contributed by atoms with Crippen molar-refractivity contribution in [2.45, 2.75) is 96.1 Å². The molecule has 1 atom stereocenters. The third-order valence-corrected chi connectivity index (χ3v) is 8.81. The van der Waals surface area contributed by atoms with Gasteiger partial charge in [-0.05, 0) is 75.8 Å². The number of hydrogen-bond acceptors (Lipinski definition) is 4. The largest absolute Gasteiger partial charge is 0.481 e. The summed E-state index contributed by atoms with van der Waals surface area (Å²) in [6, 6.07) is 4.79. The van der Waals surface area contributed by atoms with E-state index in [-0.39, 0.29) is 12.0 Å². The maximum absolute atomic E-state index is 12.3. The lowest BCUT2D eigenvalue weighted by molar-refractivity contribution is -0.143. The van der Waals surface area contributed by atoms with Gasteiger partial charge in [-0.2, -0.15) is 0 Å². The molecule has 3 aliphatic rings. The van der Waals surface area contributed by atoms with Gasteiger partial charge in [-0.1, -0.05) is 25.3 Å². The van der Waals surface area contributed by atoms with Gasteiger partial charge in [0.15, 0.2) is 0 Å². The fourth-order valence-electron chi connectivity index (χ4n) is 6.84. The molecule has 2 aliphatic carbocycles. The van der Waals surface area contributed by atoms with Gasteiger partial charge in [0.2, 0.25) is 0 Å². The van der Waals surface area contributed by atoms with Crippen LogP contribution < -0.4 is 0 Å². The first-order valence-corrected chi connectivity index (χ1v) is 13.5. The van der Waals surface area contributed by atoms with Gasteiger partial charge >= 0.3 is 12.1 Å². The zero-order valence-corrected chi connectivity index (χ0v) is 21.2. The van der Waals surface area contributed by atoms with E-state index in [1.54, 1.807) is 4.90 Å². The summed E-state index contributed by atoms with van der Waals surface area (Å²) in [4.78, 5) is 30.8. The number of carboxylic acid groups (broad SMARTS) is 1. The zero-order valence-electron chi connectivity index (χ0n) is 21.2. The van der Waals surface area contributed by atoms with Crippen LogP contribution in [0.15, 0.2) is 12.1 Å². The maximum atomic E-state index is 12.3. The lowest BCUT2D eigenvalue weighted by atomic mass is 9.79. The minimum atomic E-state index is -0.637. The maximum Gasteiger partial charge on any atom is 0.409 e. The van der Waals surface area contributed by atoms with Crippen molar-refractivity contribution in [3.05, 3.63) is 29.1 Å². The average Bonchev–Trinajstić information content (AvgIpc) is 3.29. The minimum absolute atomic E-state index is 0.169. The number of fused-ring (bicyclic) bond motifs is 3. The molecule has 7 nitrogen and oxygen atoms in total. The summed E-state index contributed by atoms with van der Waals surface area (Å²) in [5, 5.41) is 9.38. The van der Waals surface area contributed by atoms with E-state index in [2.05, 4.69) is 23.6 Å². The number of carboxylic acids is 1. The molecule has 190 valence electrons. The van der Waals surface area contributed by atoms with Gasteiger partial charge < -0.3 is 19.3 Å². The number of aliphatic carboxylic acids is 1. The Kier molecular flexibility index (Phi) is 7.03. The van der Waals surface area contributed by atoms with Crippen LogP contribution in [-0.4, -0.2) is 45.3 Å². The second-order valence-corrected chi connectivity index (χ2v) is 11.0. The second-order valence-electron chi connectivity index (χ2n) is 11.0. The predicted octanol–water partition coefficient (Wildman–Crippen LogP) is 6.05. The Morgan fingerprint density at radius 3 is 2.54 bits per heavy atom. The third-order valence-electron chi connectivity index (χ3n) is 8.81. The summed E-state index contributed by atoms with van der Waals surface area (Å²) in [6.07, 6.45) is 11.4. The van der Waals surface area contributed by atoms with Crippen molar-refractivity contribution in [1.29, 1.82) is 0 Å². The molecule has 2 aromatic rings. The van der Waals surface area contributed by atoms with Crippen LogP contribution in [-0.2, 0) is 22.5 Å². The van der Waals surface area contributed by atoms with Gasteiger partial charge in [-0.3, -0.25) is 4.79 Å². The SMILES string of the molecule is COC(=O)N1CCc2ccc3c(nc(C4CCCCC4)n3[C@@H](C)C[C@H]3CC[C@H](C(=O)O)CC3)c2C1. The van der Waals surface area contributed by atoms with Crippen molar-refractivity contribution >= 4 is 23.1 Å². The van der Waals surface area contributed by atoms with Gasteiger partial charge in [0.1, 0.15) is 5.82 Å². The second kappa shape index (κ2) is 10.2. The topological polar surface area (TPSA) is 84.7 Å². The molecule has 1 aromatic heterocycles. The first-order valence-electron chi connectivity index (χ1n) is 13.5. The van der Waals surface area contributed by atoms with Crippen LogP contribution in [0.4, 0.5) is 4.79 Å². The summed E-state index contributed by atoms with van der Waals surface area (Å²) in [5.74, 6) is 1.46. The number of amides is 1. The predicted molar refractivity (Wildman–Crippen MR) is 134 cm³/mol. The summed E-state index contributed by atoms with van der Waals surface area (Å²) >= 11 is 0. The van der Waals surface area contributed by atoms with Crippen molar-refractivity contribution in [3.63, 3.8) is 0 Å². The average molecular weight is 482 g/mol. The molecule has 2 heterocycles. The highest BCUT2D eigenvalue weighted by Gasteiger charge is 2.31. The fourth-order valence-corrected chi connectivity index (χ4v) is 6.84. The van der Waals surface area contributed by atoms with E-state index < -0.39 is 5.97 Å². The lowest BCUT2D eigenvalue weighted by Crippen LogP contribution is -2.35. The highest BCUT2D eigenvalue weighted by Crippen LogP contribution is 2.40. The summed E-state index contributed by atoms with van der Waals surface area (Å²) in [5.41, 5.74) is 4.70. The molecule has 1 aliphatic heterocycles. The number of hydrogen-bond donors (Lipinski definition) is 1. The molecule has 0 saturated heterocycles. The molecule has 1 aromatic carbocycles. The molecule has 0 unspecified atom stereocenters. The van der Waals surface area contributed by atoms with Crippen molar-refractivity contribution in [2.75, 3.05) is 13.7 Å². The van der Waals surface area contributed by atoms with Crippen LogP contribution in [0.1, 0.15) is 100 Å². The van der Waals surface area contributed by atoms with E-state index >= 15 is 0 Å². The van der Waals surface area contributed by atoms with Gasteiger partial charge in [0.05, 0.1) is 30.6 Å². The summed E-state index contributed by atoms with van der Waals surface area (Å²) in [6.45, 7) is 3.54. The van der Waals surface area contributed by atoms with Crippen molar-refractivity contribution < 1.29 is 19.4 Å². The molecular weight excluding hydrogens is 442 g/mol. The van der Waals surface area contributed by atoms with Crippen LogP contribution in [0, 0.1) is 11.8 Å². The molecule has 35 heavy (non-hydrogen) atoms. The number of carbonyl (C=O) groups is 2. The lowest BCUT2D eigenvalue weighted by Gasteiger charge is -2.31. The summed E-state index contributed by atoms with van der Waals surface area (Å²) < 4.78 is 7.52. The molecule has 7 heteroatoms. The Bertz CT molecular complexity index is 1080. The number of carbonyl (C=O) groups excluding carboxylic acids is 1. The van der Waals surface area contributed by atoms with Gasteiger partial charge in [0.25, 0.3) is 0 Å². The van der Waals surface area contributed by atoms with Crippen molar-refractivity contribution in [2.24, 2.45) is 11.8 Å². The van der Waals surface area contributed by atoms with Gasteiger partial charge in [-0.25, -0.2) is 9.78 Å². The van der Waals surface area contributed by atoms with Crippen molar-refractivity contribution in [1.82, 2.24) is 14.5 Å². The van der Waals surface area contributed by atoms with Crippen LogP contribution in [0.2, 0.25) is 0 Å². The normalized spacial score (nSPS) is 24.2. The molecule has 0 spiro atoms. The first kappa shape index (κ1) is 24.1. The van der Waals surface area contributed by atoms with Gasteiger partial charge in [-0.15, -0.1) is 0 Å². The van der Waals surface area contributed by atoms with Gasteiger partial charge in [0, 0.05) is 24.1 Å². The van der Waals surface area contributed by atoms with E-state index in [0.717, 1.165) is 44.0 Å². The quantitative estimate of drug-likeness (QED) is 0.562. The number of nitrogens with zero attached hydrogens (tertiary/aromatic N) is 3. The standard InChI is InChI=1S/C28H39N3O4/c1-18(16-19-8-10-22(11-9-19)27(32)33)31-24-13-12-20-14-15-30(28(34)35-2)17-23(20)25(24)29-26(31)21-6-4-3-5-7-21/h12-13,18-19,21-22H,3-11,14-17H2,1-2H3,(H,32,33)/t18-,19-,22-/m0/s1. The number of benzene rings is 1.